The molecule has 0 rings (SSSR count). The van der Waals surface area contributed by atoms with Gasteiger partial charge in [0, 0.05) is 0 Å². The fourth-order valence-corrected chi connectivity index (χ4v) is 3.51. The predicted molar refractivity (Wildman–Crippen MR) is 48.5 cm³/mol. The minimum absolute atomic E-state index is 0.395. The standard InChI is InChI=1S/C4H7Cl3Si2/c1-4(2)3-8-9(5,6)7/h3H,1-2H3. The Hall–Kier alpha value is 1.04. The quantitative estimate of drug-likeness (QED) is 0.493. The second kappa shape index (κ2) is 4.03. The van der Waals surface area contributed by atoms with Crippen LogP contribution in [0.15, 0.2) is 11.3 Å². The first-order chi connectivity index (χ1) is 3.92. The summed E-state index contributed by atoms with van der Waals surface area (Å²) in [5, 5.41) is 0. The molecule has 5 heteroatoms. The largest absolute Gasteiger partial charge is 0.324 e. The monoisotopic (exact) mass is 216 g/mol. The van der Waals surface area contributed by atoms with E-state index in [2.05, 4.69) is 0 Å². The van der Waals surface area contributed by atoms with Gasteiger partial charge in [-0.2, -0.15) is 0 Å². The van der Waals surface area contributed by atoms with Crippen molar-refractivity contribution in [2.45, 2.75) is 13.8 Å². The van der Waals surface area contributed by atoms with E-state index in [1.54, 1.807) is 0 Å². The molecule has 0 aliphatic carbocycles. The van der Waals surface area contributed by atoms with E-state index >= 15 is 0 Å². The number of halogens is 3. The minimum atomic E-state index is -2.35. The number of rotatable bonds is 2. The average Bonchev–Trinajstić information content (AvgIpc) is 1.59. The Balaban J connectivity index is 3.64. The van der Waals surface area contributed by atoms with E-state index in [0.717, 1.165) is 0 Å². The van der Waals surface area contributed by atoms with Gasteiger partial charge in [-0.1, -0.05) is 11.3 Å². The molecular weight excluding hydrogens is 211 g/mol. The van der Waals surface area contributed by atoms with E-state index < -0.39 is 5.52 Å². The summed E-state index contributed by atoms with van der Waals surface area (Å²) in [5.41, 5.74) is 0.848. The van der Waals surface area contributed by atoms with Crippen LogP contribution >= 0.6 is 33.2 Å². The minimum Gasteiger partial charge on any atom is -0.130 e. The number of hydrogen-bond donors (Lipinski definition) is 0. The lowest BCUT2D eigenvalue weighted by atomic mass is 10.4. The maximum atomic E-state index is 5.61. The van der Waals surface area contributed by atoms with Crippen LogP contribution in [0, 0.1) is 0 Å². The van der Waals surface area contributed by atoms with Crippen LogP contribution in [0.3, 0.4) is 0 Å². The molecule has 0 fully saturated rings. The first-order valence-electron chi connectivity index (χ1n) is 2.39. The van der Waals surface area contributed by atoms with E-state index in [9.17, 15) is 0 Å². The van der Waals surface area contributed by atoms with Crippen molar-refractivity contribution < 1.29 is 0 Å². The van der Waals surface area contributed by atoms with Crippen molar-refractivity contribution in [1.82, 2.24) is 0 Å². The third kappa shape index (κ3) is 9.04. The molecule has 0 aliphatic rings. The Bertz CT molecular complexity index is 111. The van der Waals surface area contributed by atoms with Crippen LogP contribution in [0.1, 0.15) is 13.8 Å². The van der Waals surface area contributed by atoms with Crippen molar-refractivity contribution in [2.75, 3.05) is 0 Å². The third-order valence-electron chi connectivity index (χ3n) is 0.525. The predicted octanol–water partition coefficient (Wildman–Crippen LogP) is 2.77. The fourth-order valence-electron chi connectivity index (χ4n) is 0.226. The zero-order chi connectivity index (χ0) is 7.49. The van der Waals surface area contributed by atoms with Crippen molar-refractivity contribution in [1.29, 1.82) is 0 Å². The SMILES string of the molecule is CC(C)=C[Si][Si](Cl)(Cl)Cl. The molecule has 0 aromatic carbocycles. The smallest absolute Gasteiger partial charge is 0.130 e. The Labute approximate surface area is 72.9 Å². The summed E-state index contributed by atoms with van der Waals surface area (Å²) >= 11 is 16.8. The van der Waals surface area contributed by atoms with E-state index in [-0.39, 0.29) is 0 Å². The van der Waals surface area contributed by atoms with Gasteiger partial charge in [0.2, 0.25) is 0 Å². The van der Waals surface area contributed by atoms with Gasteiger partial charge in [0.05, 0.1) is 0 Å². The zero-order valence-corrected chi connectivity index (χ0v) is 9.48. The molecule has 0 aromatic rings. The summed E-state index contributed by atoms with van der Waals surface area (Å²) in [7, 11) is 0.395. The number of allylic oxidation sites excluding steroid dienone is 1. The molecule has 0 aromatic heterocycles. The molecule has 0 saturated carbocycles. The molecule has 0 aliphatic heterocycles. The van der Waals surface area contributed by atoms with E-state index in [4.69, 9.17) is 33.2 Å². The maximum absolute atomic E-state index is 5.61. The Morgan fingerprint density at radius 3 is 1.89 bits per heavy atom. The molecule has 0 atom stereocenters. The van der Waals surface area contributed by atoms with Crippen molar-refractivity contribution >= 4 is 47.8 Å². The molecule has 52 valence electrons. The van der Waals surface area contributed by atoms with Gasteiger partial charge in [0.25, 0.3) is 0 Å². The van der Waals surface area contributed by atoms with Crippen LogP contribution in [0.5, 0.6) is 0 Å². The lowest BCUT2D eigenvalue weighted by Crippen LogP contribution is -2.19. The third-order valence-corrected chi connectivity index (χ3v) is 5.93. The maximum Gasteiger partial charge on any atom is 0.324 e. The summed E-state index contributed by atoms with van der Waals surface area (Å²) in [5.74, 6) is 0. The molecule has 0 bridgehead atoms. The molecule has 0 heterocycles. The second-order valence-corrected chi connectivity index (χ2v) is 16.2. The van der Waals surface area contributed by atoms with Crippen LogP contribution in [-0.4, -0.2) is 14.6 Å². The number of hydrogen-bond acceptors (Lipinski definition) is 0. The second-order valence-electron chi connectivity index (χ2n) is 1.86. The molecule has 2 radical (unpaired) electrons. The van der Waals surface area contributed by atoms with Crippen LogP contribution in [-0.2, 0) is 0 Å². The summed E-state index contributed by atoms with van der Waals surface area (Å²) in [6.45, 7) is 4.00. The highest BCUT2D eigenvalue weighted by atomic mass is 35.8. The molecule has 9 heavy (non-hydrogen) atoms. The van der Waals surface area contributed by atoms with Crippen LogP contribution in [0.25, 0.3) is 0 Å². The molecular formula is C4H7Cl3Si2. The highest BCUT2D eigenvalue weighted by Gasteiger charge is 2.23. The van der Waals surface area contributed by atoms with Crippen LogP contribution in [0.2, 0.25) is 0 Å². The van der Waals surface area contributed by atoms with E-state index in [0.29, 0.717) is 9.04 Å². The fraction of sp³-hybridized carbons (Fsp3) is 0.500. The summed E-state index contributed by atoms with van der Waals surface area (Å²) in [6.07, 6.45) is 0. The lowest BCUT2D eigenvalue weighted by molar-refractivity contribution is 1.41. The molecule has 0 unspecified atom stereocenters. The van der Waals surface area contributed by atoms with Crippen molar-refractivity contribution in [3.8, 4) is 0 Å². The first-order valence-corrected chi connectivity index (χ1v) is 9.51. The van der Waals surface area contributed by atoms with Gasteiger partial charge in [0.1, 0.15) is 9.04 Å². The van der Waals surface area contributed by atoms with Gasteiger partial charge in [-0.25, -0.2) is 0 Å². The molecule has 0 amide bonds. The van der Waals surface area contributed by atoms with Gasteiger partial charge >= 0.3 is 5.52 Å². The normalized spacial score (nSPS) is 11.2. The average molecular weight is 218 g/mol. The van der Waals surface area contributed by atoms with Crippen molar-refractivity contribution in [3.05, 3.63) is 11.3 Å². The lowest BCUT2D eigenvalue weighted by Gasteiger charge is -2.00. The van der Waals surface area contributed by atoms with E-state index in [1.165, 1.54) is 5.57 Å². The Morgan fingerprint density at radius 1 is 1.33 bits per heavy atom. The highest BCUT2D eigenvalue weighted by Crippen LogP contribution is 2.17. The summed E-state index contributed by atoms with van der Waals surface area (Å²) in [6, 6.07) is 0. The zero-order valence-electron chi connectivity index (χ0n) is 5.21. The Kier molecular flexibility index (Phi) is 4.50. The topological polar surface area (TPSA) is 0 Å². The van der Waals surface area contributed by atoms with Gasteiger partial charge in [0.15, 0.2) is 0 Å². The first kappa shape index (κ1) is 10.0. The van der Waals surface area contributed by atoms with Crippen LogP contribution in [0.4, 0.5) is 0 Å². The highest BCUT2D eigenvalue weighted by molar-refractivity contribution is 7.83. The van der Waals surface area contributed by atoms with Gasteiger partial charge in [-0.15, -0.1) is 33.2 Å². The van der Waals surface area contributed by atoms with Crippen molar-refractivity contribution in [3.63, 3.8) is 0 Å². The van der Waals surface area contributed by atoms with Gasteiger partial charge < -0.3 is 0 Å². The van der Waals surface area contributed by atoms with E-state index in [1.807, 2.05) is 19.5 Å². The Morgan fingerprint density at radius 2 is 1.78 bits per heavy atom. The molecule has 0 saturated heterocycles. The molecule has 0 spiro atoms. The van der Waals surface area contributed by atoms with Gasteiger partial charge in [-0.3, -0.25) is 0 Å². The molecule has 0 N–H and O–H groups in total. The van der Waals surface area contributed by atoms with Crippen LogP contribution < -0.4 is 0 Å². The molecule has 0 nitrogen and oxygen atoms in total. The summed E-state index contributed by atoms with van der Waals surface area (Å²) < 4.78 is 0. The van der Waals surface area contributed by atoms with Gasteiger partial charge in [-0.05, 0) is 13.8 Å². The van der Waals surface area contributed by atoms with Crippen molar-refractivity contribution in [2.24, 2.45) is 0 Å². The summed E-state index contributed by atoms with van der Waals surface area (Å²) in [4.78, 5) is 0.